The highest BCUT2D eigenvalue weighted by atomic mass is 32.1. The molecule has 2 heterocycles. The van der Waals surface area contributed by atoms with Gasteiger partial charge in [0.2, 0.25) is 0 Å². The van der Waals surface area contributed by atoms with Gasteiger partial charge in [-0.25, -0.2) is 0 Å². The Hall–Kier alpha value is -4.92. The van der Waals surface area contributed by atoms with E-state index in [4.69, 9.17) is 4.42 Å². The molecule has 0 radical (unpaired) electrons. The number of hydrogen-bond donors (Lipinski definition) is 0. The molecule has 0 aliphatic heterocycles. The molecule has 2 heteroatoms. The lowest BCUT2D eigenvalue weighted by molar-refractivity contribution is 0.670. The average Bonchev–Trinajstić information content (AvgIpc) is 3.61. The van der Waals surface area contributed by atoms with Crippen molar-refractivity contribution in [1.82, 2.24) is 0 Å². The molecule has 0 amide bonds. The largest absolute Gasteiger partial charge is 0.455 e. The van der Waals surface area contributed by atoms with E-state index in [1.807, 2.05) is 11.3 Å². The van der Waals surface area contributed by atoms with Crippen LogP contribution in [0.2, 0.25) is 0 Å². The molecular weight excluding hydrogens is 529 g/mol. The summed E-state index contributed by atoms with van der Waals surface area (Å²) in [5.74, 6) is 0. The van der Waals surface area contributed by atoms with Gasteiger partial charge in [-0.2, -0.15) is 0 Å². The predicted octanol–water partition coefficient (Wildman–Crippen LogP) is 12.2. The summed E-state index contributed by atoms with van der Waals surface area (Å²) in [5.41, 5.74) is 9.37. The Morgan fingerprint density at radius 1 is 0.500 bits per heavy atom. The van der Waals surface area contributed by atoms with E-state index in [9.17, 15) is 0 Å². The van der Waals surface area contributed by atoms with E-state index in [-0.39, 0.29) is 0 Å². The zero-order valence-electron chi connectivity index (χ0n) is 23.4. The molecule has 0 saturated heterocycles. The van der Waals surface area contributed by atoms with Crippen molar-refractivity contribution in [3.05, 3.63) is 132 Å². The highest BCUT2D eigenvalue weighted by Crippen LogP contribution is 2.46. The lowest BCUT2D eigenvalue weighted by Crippen LogP contribution is -1.92. The van der Waals surface area contributed by atoms with Gasteiger partial charge in [0.25, 0.3) is 0 Å². The van der Waals surface area contributed by atoms with Gasteiger partial charge in [-0.15, -0.1) is 11.3 Å². The Morgan fingerprint density at radius 3 is 2.05 bits per heavy atom. The minimum absolute atomic E-state index is 0.968. The number of rotatable bonds is 2. The minimum atomic E-state index is 0.968. The van der Waals surface area contributed by atoms with Crippen LogP contribution in [0.5, 0.6) is 0 Å². The quantitative estimate of drug-likeness (QED) is 0.207. The van der Waals surface area contributed by atoms with Crippen LogP contribution in [0.4, 0.5) is 0 Å². The molecular formula is C40H26OS. The van der Waals surface area contributed by atoms with Crippen LogP contribution in [-0.2, 0) is 0 Å². The summed E-state index contributed by atoms with van der Waals surface area (Å²) >= 11 is 1.87. The molecule has 0 unspecified atom stereocenters. The molecule has 2 aromatic heterocycles. The standard InChI is InChI=1S/C40H26OS/c1-23-15-16-26(27-18-19-30-29-11-7-8-14-35(29)42-36(30)22-27)21-34(23)37-24(2)39-38(32-13-6-5-12-31(32)37)33-20-17-25-9-3-4-10-28(25)40(33)41-39/h3-22H,1-2H3. The molecule has 9 aromatic rings. The number of fused-ring (bicyclic) bond motifs is 10. The predicted molar refractivity (Wildman–Crippen MR) is 182 cm³/mol. The molecule has 42 heavy (non-hydrogen) atoms. The van der Waals surface area contributed by atoms with Gasteiger partial charge >= 0.3 is 0 Å². The van der Waals surface area contributed by atoms with Gasteiger partial charge in [0.1, 0.15) is 11.2 Å². The van der Waals surface area contributed by atoms with E-state index in [1.54, 1.807) is 0 Å². The van der Waals surface area contributed by atoms with Crippen LogP contribution < -0.4 is 0 Å². The zero-order valence-corrected chi connectivity index (χ0v) is 24.2. The Bertz CT molecular complexity index is 2540. The second-order valence-corrected chi connectivity index (χ2v) is 12.4. The van der Waals surface area contributed by atoms with Gasteiger partial charge in [-0.1, -0.05) is 97.1 Å². The van der Waals surface area contributed by atoms with Crippen LogP contribution in [-0.4, -0.2) is 0 Å². The van der Waals surface area contributed by atoms with Crippen molar-refractivity contribution in [2.75, 3.05) is 0 Å². The van der Waals surface area contributed by atoms with Crippen LogP contribution in [0.15, 0.2) is 126 Å². The molecule has 0 aliphatic rings. The maximum atomic E-state index is 6.80. The number of furan rings is 1. The number of hydrogen-bond acceptors (Lipinski definition) is 2. The summed E-state index contributed by atoms with van der Waals surface area (Å²) in [6, 6.07) is 44.3. The van der Waals surface area contributed by atoms with Crippen LogP contribution in [0, 0.1) is 13.8 Å². The first-order chi connectivity index (χ1) is 20.7. The van der Waals surface area contributed by atoms with Crippen molar-refractivity contribution in [2.24, 2.45) is 0 Å². The van der Waals surface area contributed by atoms with Crippen molar-refractivity contribution in [3.8, 4) is 22.3 Å². The molecule has 0 bridgehead atoms. The molecule has 0 saturated carbocycles. The first-order valence-electron chi connectivity index (χ1n) is 14.4. The third-order valence-corrected chi connectivity index (χ3v) is 10.1. The summed E-state index contributed by atoms with van der Waals surface area (Å²) in [7, 11) is 0. The Kier molecular flexibility index (Phi) is 4.97. The third-order valence-electron chi connectivity index (χ3n) is 8.98. The summed E-state index contributed by atoms with van der Waals surface area (Å²) < 4.78 is 9.46. The van der Waals surface area contributed by atoms with E-state index in [0.717, 1.165) is 16.6 Å². The van der Waals surface area contributed by atoms with Gasteiger partial charge in [0, 0.05) is 41.9 Å². The fourth-order valence-corrected chi connectivity index (χ4v) is 8.06. The van der Waals surface area contributed by atoms with Crippen molar-refractivity contribution in [1.29, 1.82) is 0 Å². The van der Waals surface area contributed by atoms with Crippen LogP contribution in [0.3, 0.4) is 0 Å². The maximum Gasteiger partial charge on any atom is 0.143 e. The summed E-state index contributed by atoms with van der Waals surface area (Å²) in [6.07, 6.45) is 0. The molecule has 1 nitrogen and oxygen atoms in total. The normalized spacial score (nSPS) is 12.0. The average molecular weight is 555 g/mol. The first kappa shape index (κ1) is 23.8. The molecule has 0 atom stereocenters. The number of aryl methyl sites for hydroxylation is 2. The van der Waals surface area contributed by atoms with Crippen molar-refractivity contribution < 1.29 is 4.42 Å². The SMILES string of the molecule is Cc1ccc(-c2ccc3c(c2)sc2ccccc23)cc1-c1c(C)c2oc3c4ccccc4ccc3c2c2ccccc12. The fourth-order valence-electron chi connectivity index (χ4n) is 6.91. The van der Waals surface area contributed by atoms with Gasteiger partial charge in [-0.05, 0) is 82.1 Å². The lowest BCUT2D eigenvalue weighted by atomic mass is 9.87. The Morgan fingerprint density at radius 2 is 1.17 bits per heavy atom. The topological polar surface area (TPSA) is 13.1 Å². The monoisotopic (exact) mass is 554 g/mol. The number of benzene rings is 7. The fraction of sp³-hybridized carbons (Fsp3) is 0.0500. The molecule has 9 rings (SSSR count). The van der Waals surface area contributed by atoms with Crippen molar-refractivity contribution in [2.45, 2.75) is 13.8 Å². The highest BCUT2D eigenvalue weighted by Gasteiger charge is 2.21. The van der Waals surface area contributed by atoms with Gasteiger partial charge in [0.15, 0.2) is 0 Å². The van der Waals surface area contributed by atoms with E-state index in [1.165, 1.54) is 80.5 Å². The van der Waals surface area contributed by atoms with Crippen molar-refractivity contribution in [3.63, 3.8) is 0 Å². The van der Waals surface area contributed by atoms with E-state index < -0.39 is 0 Å². The van der Waals surface area contributed by atoms with Crippen LogP contribution in [0.1, 0.15) is 11.1 Å². The molecule has 7 aromatic carbocycles. The van der Waals surface area contributed by atoms with E-state index in [2.05, 4.69) is 135 Å². The molecule has 0 aliphatic carbocycles. The summed E-state index contributed by atoms with van der Waals surface area (Å²) in [5, 5.41) is 9.90. The van der Waals surface area contributed by atoms with E-state index in [0.29, 0.717) is 0 Å². The van der Waals surface area contributed by atoms with Crippen LogP contribution in [0.25, 0.3) is 85.9 Å². The third kappa shape index (κ3) is 3.30. The van der Waals surface area contributed by atoms with E-state index >= 15 is 0 Å². The Labute approximate surface area is 247 Å². The molecule has 0 fully saturated rings. The molecule has 0 spiro atoms. The highest BCUT2D eigenvalue weighted by molar-refractivity contribution is 7.25. The van der Waals surface area contributed by atoms with Crippen LogP contribution >= 0.6 is 11.3 Å². The Balaban J connectivity index is 1.31. The smallest absolute Gasteiger partial charge is 0.143 e. The molecule has 198 valence electrons. The second kappa shape index (κ2) is 8.79. The second-order valence-electron chi connectivity index (χ2n) is 11.4. The van der Waals surface area contributed by atoms with Gasteiger partial charge in [0.05, 0.1) is 0 Å². The lowest BCUT2D eigenvalue weighted by Gasteiger charge is -2.16. The first-order valence-corrected chi connectivity index (χ1v) is 15.3. The summed E-state index contributed by atoms with van der Waals surface area (Å²) in [6.45, 7) is 4.45. The van der Waals surface area contributed by atoms with Gasteiger partial charge in [-0.3, -0.25) is 0 Å². The summed E-state index contributed by atoms with van der Waals surface area (Å²) in [4.78, 5) is 0. The van der Waals surface area contributed by atoms with Gasteiger partial charge < -0.3 is 4.42 Å². The zero-order chi connectivity index (χ0) is 27.9. The number of thiophene rings is 1. The van der Waals surface area contributed by atoms with Crippen molar-refractivity contribution >= 4 is 75.0 Å². The molecule has 0 N–H and O–H groups in total. The maximum absolute atomic E-state index is 6.80. The minimum Gasteiger partial charge on any atom is -0.455 e.